The second-order valence-corrected chi connectivity index (χ2v) is 16.0. The average molecular weight is 735 g/mol. The summed E-state index contributed by atoms with van der Waals surface area (Å²) in [6, 6.07) is 62.0. The van der Waals surface area contributed by atoms with Crippen LogP contribution in [-0.4, -0.2) is 16.6 Å². The first-order chi connectivity index (χ1) is 27.6. The second kappa shape index (κ2) is 11.5. The first-order valence-electron chi connectivity index (χ1n) is 19.1. The zero-order valence-corrected chi connectivity index (χ0v) is 31.4. The van der Waals surface area contributed by atoms with E-state index in [2.05, 4.69) is 168 Å². The van der Waals surface area contributed by atoms with Crippen molar-refractivity contribution in [1.82, 2.24) is 9.55 Å². The number of anilines is 2. The van der Waals surface area contributed by atoms with Gasteiger partial charge in [-0.25, -0.2) is 4.98 Å². The highest BCUT2D eigenvalue weighted by Gasteiger charge is 2.52. The van der Waals surface area contributed by atoms with Crippen molar-refractivity contribution >= 4 is 53.9 Å². The third-order valence-corrected chi connectivity index (χ3v) is 13.2. The van der Waals surface area contributed by atoms with Gasteiger partial charge < -0.3 is 11.1 Å². The number of hydrogen-bond donors (Lipinski definition) is 2. The molecule has 56 heavy (non-hydrogen) atoms. The fourth-order valence-corrected chi connectivity index (χ4v) is 11.0. The third-order valence-electron chi connectivity index (χ3n) is 12.1. The molecule has 8 aromatic carbocycles. The highest BCUT2D eigenvalue weighted by atomic mass is 32.1. The molecule has 2 aromatic heterocycles. The van der Waals surface area contributed by atoms with Gasteiger partial charge in [0.05, 0.1) is 16.4 Å². The van der Waals surface area contributed by atoms with Crippen molar-refractivity contribution in [3.8, 4) is 50.5 Å². The summed E-state index contributed by atoms with van der Waals surface area (Å²) < 4.78 is 4.85. The lowest BCUT2D eigenvalue weighted by atomic mass is 9.70. The van der Waals surface area contributed by atoms with E-state index in [1.807, 2.05) is 30.5 Å². The number of rotatable bonds is 4. The van der Waals surface area contributed by atoms with Crippen molar-refractivity contribution in [3.63, 3.8) is 0 Å². The Balaban J connectivity index is 1.16. The van der Waals surface area contributed by atoms with Gasteiger partial charge in [-0.3, -0.25) is 4.57 Å². The molecule has 0 radical (unpaired) electrons. The number of hydrogen-bond acceptors (Lipinski definition) is 4. The first kappa shape index (κ1) is 31.4. The number of thiophene rings is 1. The molecule has 10 aromatic rings. The number of benzene rings is 8. The fourth-order valence-electron chi connectivity index (χ4n) is 9.85. The monoisotopic (exact) mass is 734 g/mol. The van der Waals surface area contributed by atoms with Gasteiger partial charge in [0.1, 0.15) is 5.82 Å². The zero-order valence-electron chi connectivity index (χ0n) is 30.5. The van der Waals surface area contributed by atoms with Crippen LogP contribution in [0.1, 0.15) is 22.3 Å². The van der Waals surface area contributed by atoms with Gasteiger partial charge in [-0.05, 0) is 116 Å². The molecule has 1 atom stereocenters. The SMILES string of the molecule is CNc1cc(-c2ccc(N)cc2)c2c(c1)sc1ccc3c(c12)-c1ccccc1C31c2ccccc2-c2cc(-c3nc4ccccc4n3-c3ccccc3)ccc21. The quantitative estimate of drug-likeness (QED) is 0.177. The van der Waals surface area contributed by atoms with Crippen LogP contribution in [0.5, 0.6) is 0 Å². The molecule has 1 spiro atoms. The Hall–Kier alpha value is -6.95. The summed E-state index contributed by atoms with van der Waals surface area (Å²) in [5.41, 5.74) is 24.7. The molecule has 0 bridgehead atoms. The van der Waals surface area contributed by atoms with Crippen molar-refractivity contribution < 1.29 is 0 Å². The van der Waals surface area contributed by atoms with Crippen LogP contribution in [0.15, 0.2) is 170 Å². The Kier molecular flexibility index (Phi) is 6.47. The van der Waals surface area contributed by atoms with Gasteiger partial charge in [0.2, 0.25) is 0 Å². The van der Waals surface area contributed by atoms with Crippen LogP contribution in [0.2, 0.25) is 0 Å². The van der Waals surface area contributed by atoms with Crippen molar-refractivity contribution in [3.05, 3.63) is 192 Å². The number of nitrogens with one attached hydrogen (secondary N) is 1. The molecule has 264 valence electrons. The van der Waals surface area contributed by atoms with Crippen molar-refractivity contribution in [1.29, 1.82) is 0 Å². The maximum absolute atomic E-state index is 6.19. The molecule has 0 saturated heterocycles. The van der Waals surface area contributed by atoms with Gasteiger partial charge in [0.15, 0.2) is 0 Å². The van der Waals surface area contributed by atoms with Gasteiger partial charge >= 0.3 is 0 Å². The Morgan fingerprint density at radius 1 is 0.554 bits per heavy atom. The highest BCUT2D eigenvalue weighted by molar-refractivity contribution is 7.26. The molecule has 2 aliphatic rings. The molecule has 2 aliphatic carbocycles. The van der Waals surface area contributed by atoms with Gasteiger partial charge in [-0.15, -0.1) is 11.3 Å². The number of para-hydroxylation sites is 3. The Labute approximate surface area is 328 Å². The zero-order chi connectivity index (χ0) is 37.1. The van der Waals surface area contributed by atoms with E-state index in [0.29, 0.717) is 0 Å². The summed E-state index contributed by atoms with van der Waals surface area (Å²) in [4.78, 5) is 5.26. The maximum atomic E-state index is 6.19. The average Bonchev–Trinajstić information content (AvgIpc) is 3.99. The van der Waals surface area contributed by atoms with Gasteiger partial charge in [-0.1, -0.05) is 109 Å². The normalized spacial score (nSPS) is 15.0. The molecule has 2 heterocycles. The van der Waals surface area contributed by atoms with Crippen LogP contribution in [0.4, 0.5) is 11.4 Å². The molecule has 0 amide bonds. The third kappa shape index (κ3) is 4.10. The van der Waals surface area contributed by atoms with Crippen LogP contribution in [0, 0.1) is 0 Å². The molecule has 0 aliphatic heterocycles. The van der Waals surface area contributed by atoms with E-state index in [-0.39, 0.29) is 0 Å². The van der Waals surface area contributed by atoms with Gasteiger partial charge in [-0.2, -0.15) is 0 Å². The van der Waals surface area contributed by atoms with E-state index in [0.717, 1.165) is 45.0 Å². The lowest BCUT2D eigenvalue weighted by molar-refractivity contribution is 0.794. The predicted molar refractivity (Wildman–Crippen MR) is 235 cm³/mol. The van der Waals surface area contributed by atoms with Crippen LogP contribution >= 0.6 is 11.3 Å². The highest BCUT2D eigenvalue weighted by Crippen LogP contribution is 2.65. The molecular weight excluding hydrogens is 701 g/mol. The molecule has 3 N–H and O–H groups in total. The topological polar surface area (TPSA) is 55.9 Å². The molecular formula is C51H34N4S. The number of imidazole rings is 1. The minimum atomic E-state index is -0.481. The largest absolute Gasteiger partial charge is 0.399 e. The molecule has 1 unspecified atom stereocenters. The minimum absolute atomic E-state index is 0.481. The van der Waals surface area contributed by atoms with Crippen LogP contribution in [-0.2, 0) is 5.41 Å². The minimum Gasteiger partial charge on any atom is -0.399 e. The summed E-state index contributed by atoms with van der Waals surface area (Å²) >= 11 is 1.87. The molecule has 0 fully saturated rings. The Bertz CT molecular complexity index is 3250. The van der Waals surface area contributed by atoms with Crippen molar-refractivity contribution in [2.75, 3.05) is 18.1 Å². The summed E-state index contributed by atoms with van der Waals surface area (Å²) in [6.07, 6.45) is 0. The van der Waals surface area contributed by atoms with Gasteiger partial charge in [0.25, 0.3) is 0 Å². The summed E-state index contributed by atoms with van der Waals surface area (Å²) in [5, 5.41) is 6.04. The van der Waals surface area contributed by atoms with Crippen LogP contribution < -0.4 is 11.1 Å². The number of aromatic nitrogens is 2. The lowest BCUT2D eigenvalue weighted by Crippen LogP contribution is -2.25. The van der Waals surface area contributed by atoms with Gasteiger partial charge in [0, 0.05) is 49.8 Å². The predicted octanol–water partition coefficient (Wildman–Crippen LogP) is 12.7. The summed E-state index contributed by atoms with van der Waals surface area (Å²) in [6.45, 7) is 0. The standard InChI is InChI=1S/C51H34N4S/c1-53-33-28-37(30-19-22-32(52)23-20-30)48-46(29-33)56-45-26-25-42-47(49(45)48)36-14-6-8-16-40(36)51(42)39-15-7-5-13-35(39)38-27-31(21-24-41(38)51)50-54-43-17-9-10-18-44(43)55(50)34-11-3-2-4-12-34/h2-29,53H,52H2,1H3. The van der Waals surface area contributed by atoms with E-state index in [4.69, 9.17) is 10.7 Å². The van der Waals surface area contributed by atoms with E-state index in [1.54, 1.807) is 0 Å². The number of nitrogens with two attached hydrogens (primary N) is 1. The smallest absolute Gasteiger partial charge is 0.145 e. The Morgan fingerprint density at radius 3 is 2.05 bits per heavy atom. The molecule has 4 nitrogen and oxygen atoms in total. The summed E-state index contributed by atoms with van der Waals surface area (Å²) in [5.74, 6) is 0.938. The van der Waals surface area contributed by atoms with Crippen molar-refractivity contribution in [2.45, 2.75) is 5.41 Å². The van der Waals surface area contributed by atoms with Crippen LogP contribution in [0.3, 0.4) is 0 Å². The lowest BCUT2D eigenvalue weighted by Gasteiger charge is -2.30. The number of nitrogens with zero attached hydrogens (tertiary/aromatic N) is 2. The molecule has 0 saturated carbocycles. The van der Waals surface area contributed by atoms with Crippen LogP contribution in [0.25, 0.3) is 81.7 Å². The second-order valence-electron chi connectivity index (χ2n) is 14.9. The number of fused-ring (bicyclic) bond motifs is 15. The van der Waals surface area contributed by atoms with E-state index in [9.17, 15) is 0 Å². The first-order valence-corrected chi connectivity index (χ1v) is 19.9. The van der Waals surface area contributed by atoms with E-state index in [1.165, 1.54) is 70.2 Å². The number of nitrogen functional groups attached to an aromatic ring is 1. The van der Waals surface area contributed by atoms with Crippen molar-refractivity contribution in [2.24, 2.45) is 0 Å². The molecule has 12 rings (SSSR count). The summed E-state index contributed by atoms with van der Waals surface area (Å²) in [7, 11) is 2.00. The Morgan fingerprint density at radius 2 is 1.23 bits per heavy atom. The maximum Gasteiger partial charge on any atom is 0.145 e. The molecule has 5 heteroatoms. The van der Waals surface area contributed by atoms with E-state index < -0.39 is 5.41 Å². The fraction of sp³-hybridized carbons (Fsp3) is 0.0392. The van der Waals surface area contributed by atoms with E-state index >= 15 is 0 Å².